The van der Waals surface area contributed by atoms with E-state index < -0.39 is 15.6 Å². The molecule has 1 saturated heterocycles. The van der Waals surface area contributed by atoms with Crippen molar-refractivity contribution in [2.75, 3.05) is 20.2 Å². The molecule has 1 fully saturated rings. The molecule has 106 valence electrons. The van der Waals surface area contributed by atoms with Gasteiger partial charge in [0.15, 0.2) is 0 Å². The second kappa shape index (κ2) is 5.36. The molecule has 1 unspecified atom stereocenters. The predicted molar refractivity (Wildman–Crippen MR) is 72.7 cm³/mol. The van der Waals surface area contributed by atoms with Crippen LogP contribution in [-0.2, 0) is 14.8 Å². The second-order valence-electron chi connectivity index (χ2n) is 4.91. The monoisotopic (exact) mass is 304 g/mol. The van der Waals surface area contributed by atoms with Crippen LogP contribution in [0.3, 0.4) is 0 Å². The van der Waals surface area contributed by atoms with Crippen LogP contribution in [0, 0.1) is 0 Å². The smallest absolute Gasteiger partial charge is 0.243 e. The van der Waals surface area contributed by atoms with Gasteiger partial charge in [0.1, 0.15) is 5.15 Å². The Morgan fingerprint density at radius 2 is 2.26 bits per heavy atom. The lowest BCUT2D eigenvalue weighted by Gasteiger charge is -2.38. The number of sulfonamides is 1. The van der Waals surface area contributed by atoms with E-state index in [0.717, 1.165) is 12.8 Å². The van der Waals surface area contributed by atoms with E-state index in [-0.39, 0.29) is 10.0 Å². The molecule has 1 aliphatic heterocycles. The third-order valence-corrected chi connectivity index (χ3v) is 5.50. The number of hydrogen-bond acceptors (Lipinski definition) is 4. The maximum atomic E-state index is 12.5. The summed E-state index contributed by atoms with van der Waals surface area (Å²) in [6, 6.07) is 2.83. The molecule has 0 radical (unpaired) electrons. The summed E-state index contributed by atoms with van der Waals surface area (Å²) in [6.07, 6.45) is 3.03. The van der Waals surface area contributed by atoms with Gasteiger partial charge in [-0.3, -0.25) is 0 Å². The zero-order chi connectivity index (χ0) is 14.1. The Morgan fingerprint density at radius 1 is 1.53 bits per heavy atom. The molecule has 0 aromatic carbocycles. The average molecular weight is 305 g/mol. The van der Waals surface area contributed by atoms with E-state index in [1.807, 2.05) is 6.92 Å². The molecule has 1 aromatic heterocycles. The fourth-order valence-electron chi connectivity index (χ4n) is 2.23. The zero-order valence-corrected chi connectivity index (χ0v) is 12.5. The van der Waals surface area contributed by atoms with E-state index in [1.165, 1.54) is 22.6 Å². The zero-order valence-electron chi connectivity index (χ0n) is 11.0. The number of pyridine rings is 1. The molecule has 7 heteroatoms. The highest BCUT2D eigenvalue weighted by molar-refractivity contribution is 7.89. The minimum atomic E-state index is -3.54. The number of ether oxygens (including phenoxy) is 1. The van der Waals surface area contributed by atoms with Crippen LogP contribution >= 0.6 is 11.6 Å². The van der Waals surface area contributed by atoms with Crippen molar-refractivity contribution in [3.8, 4) is 0 Å². The van der Waals surface area contributed by atoms with E-state index >= 15 is 0 Å². The van der Waals surface area contributed by atoms with Crippen LogP contribution in [0.5, 0.6) is 0 Å². The summed E-state index contributed by atoms with van der Waals surface area (Å²) in [7, 11) is -1.93. The van der Waals surface area contributed by atoms with Gasteiger partial charge in [-0.2, -0.15) is 4.31 Å². The average Bonchev–Trinajstić information content (AvgIpc) is 2.39. The van der Waals surface area contributed by atoms with Crippen molar-refractivity contribution in [3.05, 3.63) is 23.5 Å². The summed E-state index contributed by atoms with van der Waals surface area (Å²) in [5.74, 6) is 0. The van der Waals surface area contributed by atoms with E-state index in [0.29, 0.717) is 13.1 Å². The van der Waals surface area contributed by atoms with E-state index in [2.05, 4.69) is 4.98 Å². The Kier molecular flexibility index (Phi) is 4.15. The summed E-state index contributed by atoms with van der Waals surface area (Å²) >= 11 is 5.75. The minimum absolute atomic E-state index is 0.174. The summed E-state index contributed by atoms with van der Waals surface area (Å²) in [5, 5.41) is 0.174. The van der Waals surface area contributed by atoms with Crippen molar-refractivity contribution in [2.24, 2.45) is 0 Å². The summed E-state index contributed by atoms with van der Waals surface area (Å²) in [6.45, 7) is 2.78. The summed E-state index contributed by atoms with van der Waals surface area (Å²) in [4.78, 5) is 3.97. The highest BCUT2D eigenvalue weighted by atomic mass is 35.5. The molecule has 19 heavy (non-hydrogen) atoms. The largest absolute Gasteiger partial charge is 0.377 e. The van der Waals surface area contributed by atoms with Gasteiger partial charge < -0.3 is 4.74 Å². The molecule has 1 aromatic rings. The van der Waals surface area contributed by atoms with Gasteiger partial charge in [0.25, 0.3) is 0 Å². The molecule has 0 aliphatic carbocycles. The van der Waals surface area contributed by atoms with E-state index in [9.17, 15) is 8.42 Å². The molecular weight excluding hydrogens is 288 g/mol. The highest BCUT2D eigenvalue weighted by Crippen LogP contribution is 2.28. The van der Waals surface area contributed by atoms with E-state index in [1.54, 1.807) is 7.11 Å². The molecule has 5 nitrogen and oxygen atoms in total. The minimum Gasteiger partial charge on any atom is -0.377 e. The van der Waals surface area contributed by atoms with Crippen molar-refractivity contribution < 1.29 is 13.2 Å². The van der Waals surface area contributed by atoms with Gasteiger partial charge in [0.05, 0.1) is 10.5 Å². The van der Waals surface area contributed by atoms with Crippen LogP contribution in [0.15, 0.2) is 23.2 Å². The third-order valence-electron chi connectivity index (χ3n) is 3.45. The first-order valence-corrected chi connectivity index (χ1v) is 7.86. The summed E-state index contributed by atoms with van der Waals surface area (Å²) < 4.78 is 31.9. The SMILES string of the molecule is COC1(C)CCCN(S(=O)(=O)c2ccnc(Cl)c2)C1. The van der Waals surface area contributed by atoms with Crippen molar-refractivity contribution >= 4 is 21.6 Å². The van der Waals surface area contributed by atoms with Crippen LogP contribution in [-0.4, -0.2) is 43.5 Å². The Morgan fingerprint density at radius 3 is 2.89 bits per heavy atom. The number of nitrogens with zero attached hydrogens (tertiary/aromatic N) is 2. The van der Waals surface area contributed by atoms with Crippen LogP contribution in [0.25, 0.3) is 0 Å². The number of halogens is 1. The maximum Gasteiger partial charge on any atom is 0.243 e. The first-order chi connectivity index (χ1) is 8.87. The van der Waals surface area contributed by atoms with Gasteiger partial charge in [-0.1, -0.05) is 11.6 Å². The number of rotatable bonds is 3. The Hall–Kier alpha value is -0.690. The Labute approximate surface area is 118 Å². The molecular formula is C12H17ClN2O3S. The molecule has 2 heterocycles. The third kappa shape index (κ3) is 3.08. The molecule has 0 saturated carbocycles. The van der Waals surface area contributed by atoms with Crippen LogP contribution in [0.1, 0.15) is 19.8 Å². The van der Waals surface area contributed by atoms with Crippen LogP contribution < -0.4 is 0 Å². The molecule has 0 N–H and O–H groups in total. The Balaban J connectivity index is 2.30. The lowest BCUT2D eigenvalue weighted by Crippen LogP contribution is -2.49. The maximum absolute atomic E-state index is 12.5. The van der Waals surface area contributed by atoms with Crippen molar-refractivity contribution in [3.63, 3.8) is 0 Å². The fraction of sp³-hybridized carbons (Fsp3) is 0.583. The highest BCUT2D eigenvalue weighted by Gasteiger charge is 2.37. The molecule has 1 atom stereocenters. The van der Waals surface area contributed by atoms with Crippen molar-refractivity contribution in [2.45, 2.75) is 30.3 Å². The predicted octanol–water partition coefficient (Wildman–Crippen LogP) is 1.92. The number of hydrogen-bond donors (Lipinski definition) is 0. The van der Waals surface area contributed by atoms with Gasteiger partial charge in [0.2, 0.25) is 10.0 Å². The molecule has 2 rings (SSSR count). The number of piperidine rings is 1. The topological polar surface area (TPSA) is 59.5 Å². The van der Waals surface area contributed by atoms with Crippen LogP contribution in [0.2, 0.25) is 5.15 Å². The van der Waals surface area contributed by atoms with Gasteiger partial charge in [-0.25, -0.2) is 13.4 Å². The number of methoxy groups -OCH3 is 1. The Bertz CT molecular complexity index is 564. The van der Waals surface area contributed by atoms with E-state index in [4.69, 9.17) is 16.3 Å². The van der Waals surface area contributed by atoms with Crippen molar-refractivity contribution in [1.29, 1.82) is 0 Å². The van der Waals surface area contributed by atoms with Crippen molar-refractivity contribution in [1.82, 2.24) is 9.29 Å². The fourth-order valence-corrected chi connectivity index (χ4v) is 4.07. The van der Waals surface area contributed by atoms with Gasteiger partial charge in [-0.15, -0.1) is 0 Å². The van der Waals surface area contributed by atoms with Gasteiger partial charge >= 0.3 is 0 Å². The second-order valence-corrected chi connectivity index (χ2v) is 7.24. The molecule has 0 spiro atoms. The first kappa shape index (κ1) is 14.7. The number of aromatic nitrogens is 1. The standard InChI is InChI=1S/C12H17ClN2O3S/c1-12(18-2)5-3-7-15(9-12)19(16,17)10-4-6-14-11(13)8-10/h4,6,8H,3,5,7,9H2,1-2H3. The lowest BCUT2D eigenvalue weighted by atomic mass is 9.96. The molecule has 0 bridgehead atoms. The molecule has 0 amide bonds. The first-order valence-electron chi connectivity index (χ1n) is 6.04. The van der Waals surface area contributed by atoms with Crippen LogP contribution in [0.4, 0.5) is 0 Å². The normalized spacial score (nSPS) is 25.4. The molecule has 1 aliphatic rings. The van der Waals surface area contributed by atoms with Gasteiger partial charge in [-0.05, 0) is 31.9 Å². The quantitative estimate of drug-likeness (QED) is 0.801. The summed E-state index contributed by atoms with van der Waals surface area (Å²) in [5.41, 5.74) is -0.428. The van der Waals surface area contributed by atoms with Gasteiger partial charge in [0, 0.05) is 26.4 Å². The lowest BCUT2D eigenvalue weighted by molar-refractivity contribution is -0.0319.